The van der Waals surface area contributed by atoms with E-state index in [1.807, 2.05) is 6.07 Å². The second kappa shape index (κ2) is 10.3. The van der Waals surface area contributed by atoms with Crippen LogP contribution in [0.2, 0.25) is 15.1 Å². The van der Waals surface area contributed by atoms with Crippen molar-refractivity contribution in [1.82, 2.24) is 9.97 Å². The molecule has 29 heavy (non-hydrogen) atoms. The molecule has 3 aromatic rings. The number of nitrogens with zero attached hydrogens (tertiary/aromatic N) is 3. The molecule has 7 nitrogen and oxygen atoms in total. The van der Waals surface area contributed by atoms with Crippen LogP contribution in [0.3, 0.4) is 0 Å². The van der Waals surface area contributed by atoms with Crippen molar-refractivity contribution in [2.45, 2.75) is 0 Å². The fourth-order valence-corrected chi connectivity index (χ4v) is 3.02. The molecule has 0 saturated carbocycles. The first-order chi connectivity index (χ1) is 14.1. The minimum Gasteiger partial charge on any atom is -0.491 e. The summed E-state index contributed by atoms with van der Waals surface area (Å²) in [7, 11) is 0. The van der Waals surface area contributed by atoms with Crippen LogP contribution in [0.15, 0.2) is 41.1 Å². The number of ether oxygens (including phenoxy) is 2. The second-order valence-corrected chi connectivity index (χ2v) is 6.85. The van der Waals surface area contributed by atoms with Gasteiger partial charge in [0, 0.05) is 24.0 Å². The SMILES string of the molecule is N#Cc1nc(-c2cc(Cl)cc(Cl)c2Cl)oc1NCCOCCOc1ccncc1. The number of aromatic nitrogens is 2. The van der Waals surface area contributed by atoms with Gasteiger partial charge in [-0.1, -0.05) is 34.8 Å². The van der Waals surface area contributed by atoms with Gasteiger partial charge in [-0.3, -0.25) is 4.98 Å². The maximum absolute atomic E-state index is 9.29. The average molecular weight is 454 g/mol. The Hall–Kier alpha value is -2.50. The molecule has 0 spiro atoms. The van der Waals surface area contributed by atoms with E-state index in [-0.39, 0.29) is 27.5 Å². The van der Waals surface area contributed by atoms with Gasteiger partial charge in [0.25, 0.3) is 0 Å². The number of benzene rings is 1. The van der Waals surface area contributed by atoms with E-state index in [9.17, 15) is 5.26 Å². The Morgan fingerprint density at radius 2 is 1.90 bits per heavy atom. The van der Waals surface area contributed by atoms with Crippen LogP contribution in [0.5, 0.6) is 5.75 Å². The summed E-state index contributed by atoms with van der Waals surface area (Å²) in [6.07, 6.45) is 3.31. The summed E-state index contributed by atoms with van der Waals surface area (Å²) in [6.45, 7) is 1.61. The van der Waals surface area contributed by atoms with E-state index in [1.165, 1.54) is 6.07 Å². The highest BCUT2D eigenvalue weighted by molar-refractivity contribution is 6.44. The first-order valence-electron chi connectivity index (χ1n) is 8.48. The third-order valence-electron chi connectivity index (χ3n) is 3.63. The molecule has 0 aliphatic carbocycles. The van der Waals surface area contributed by atoms with Gasteiger partial charge in [0.15, 0.2) is 0 Å². The first kappa shape index (κ1) is 21.2. The van der Waals surface area contributed by atoms with Crippen LogP contribution in [0.25, 0.3) is 11.5 Å². The summed E-state index contributed by atoms with van der Waals surface area (Å²) in [5, 5.41) is 13.2. The van der Waals surface area contributed by atoms with Gasteiger partial charge in [0.05, 0.1) is 28.8 Å². The minimum absolute atomic E-state index is 0.0909. The third kappa shape index (κ3) is 5.75. The number of pyridine rings is 1. The molecule has 0 bridgehead atoms. The van der Waals surface area contributed by atoms with E-state index >= 15 is 0 Å². The molecule has 150 valence electrons. The number of nitrogens with one attached hydrogen (secondary N) is 1. The lowest BCUT2D eigenvalue weighted by Crippen LogP contribution is -2.13. The zero-order valence-electron chi connectivity index (χ0n) is 15.0. The molecule has 10 heteroatoms. The molecule has 0 radical (unpaired) electrons. The fourth-order valence-electron chi connectivity index (χ4n) is 2.33. The number of nitriles is 1. The van der Waals surface area contributed by atoms with Crippen LogP contribution in [0.1, 0.15) is 5.69 Å². The van der Waals surface area contributed by atoms with Gasteiger partial charge in [0.1, 0.15) is 18.4 Å². The number of hydrogen-bond donors (Lipinski definition) is 1. The van der Waals surface area contributed by atoms with Crippen molar-refractivity contribution >= 4 is 40.7 Å². The van der Waals surface area contributed by atoms with Crippen LogP contribution in [0, 0.1) is 11.3 Å². The zero-order valence-corrected chi connectivity index (χ0v) is 17.3. The van der Waals surface area contributed by atoms with E-state index < -0.39 is 0 Å². The molecular weight excluding hydrogens is 439 g/mol. The van der Waals surface area contributed by atoms with Gasteiger partial charge < -0.3 is 19.2 Å². The van der Waals surface area contributed by atoms with E-state index in [4.69, 9.17) is 48.7 Å². The summed E-state index contributed by atoms with van der Waals surface area (Å²) >= 11 is 18.2. The van der Waals surface area contributed by atoms with Gasteiger partial charge in [-0.15, -0.1) is 0 Å². The molecule has 0 saturated heterocycles. The van der Waals surface area contributed by atoms with Crippen LogP contribution in [-0.4, -0.2) is 36.3 Å². The van der Waals surface area contributed by atoms with Gasteiger partial charge >= 0.3 is 0 Å². The maximum atomic E-state index is 9.29. The van der Waals surface area contributed by atoms with Crippen molar-refractivity contribution in [3.63, 3.8) is 0 Å². The van der Waals surface area contributed by atoms with Crippen molar-refractivity contribution in [1.29, 1.82) is 5.26 Å². The van der Waals surface area contributed by atoms with Crippen molar-refractivity contribution in [3.05, 3.63) is 57.4 Å². The smallest absolute Gasteiger partial charge is 0.232 e. The highest BCUT2D eigenvalue weighted by Crippen LogP contribution is 2.37. The summed E-state index contributed by atoms with van der Waals surface area (Å²) < 4.78 is 16.6. The topological polar surface area (TPSA) is 93.2 Å². The number of hydrogen-bond acceptors (Lipinski definition) is 7. The average Bonchev–Trinajstić information content (AvgIpc) is 3.13. The molecular formula is C19H15Cl3N4O3. The fraction of sp³-hybridized carbons (Fsp3) is 0.211. The van der Waals surface area contributed by atoms with E-state index in [0.717, 1.165) is 5.75 Å². The number of oxazole rings is 1. The molecule has 0 aliphatic heterocycles. The highest BCUT2D eigenvalue weighted by atomic mass is 35.5. The number of anilines is 1. The lowest BCUT2D eigenvalue weighted by molar-refractivity contribution is 0.107. The molecule has 0 fully saturated rings. The van der Waals surface area contributed by atoms with E-state index in [1.54, 1.807) is 30.6 Å². The normalized spacial score (nSPS) is 10.6. The Bertz CT molecular complexity index is 1010. The predicted octanol–water partition coefficient (Wildman–Crippen LogP) is 5.08. The van der Waals surface area contributed by atoms with Crippen molar-refractivity contribution in [2.75, 3.05) is 31.7 Å². The largest absolute Gasteiger partial charge is 0.491 e. The Kier molecular flexibility index (Phi) is 7.55. The van der Waals surface area contributed by atoms with Crippen LogP contribution < -0.4 is 10.1 Å². The third-order valence-corrected chi connectivity index (χ3v) is 4.65. The standard InChI is InChI=1S/C19H15Cl3N4O3/c20-12-9-14(17(22)15(21)10-12)18-26-16(11-23)19(29-18)25-5-6-27-7-8-28-13-1-3-24-4-2-13/h1-4,9-10,25H,5-8H2. The Morgan fingerprint density at radius 1 is 1.10 bits per heavy atom. The summed E-state index contributed by atoms with van der Waals surface area (Å²) in [6, 6.07) is 8.59. The number of rotatable bonds is 9. The van der Waals surface area contributed by atoms with Crippen molar-refractivity contribution in [3.8, 4) is 23.3 Å². The molecule has 0 amide bonds. The summed E-state index contributed by atoms with van der Waals surface area (Å²) in [5.74, 6) is 1.09. The van der Waals surface area contributed by atoms with Crippen LogP contribution in [-0.2, 0) is 4.74 Å². The molecule has 0 aliphatic rings. The Labute approximate surface area is 182 Å². The van der Waals surface area contributed by atoms with Gasteiger partial charge in [0.2, 0.25) is 17.5 Å². The van der Waals surface area contributed by atoms with E-state index in [0.29, 0.717) is 37.0 Å². The molecule has 2 aromatic heterocycles. The molecule has 1 N–H and O–H groups in total. The van der Waals surface area contributed by atoms with Crippen molar-refractivity contribution < 1.29 is 13.9 Å². The lowest BCUT2D eigenvalue weighted by Gasteiger charge is -2.07. The second-order valence-electron chi connectivity index (χ2n) is 5.63. The molecule has 2 heterocycles. The van der Waals surface area contributed by atoms with Gasteiger partial charge in [-0.2, -0.15) is 10.2 Å². The maximum Gasteiger partial charge on any atom is 0.232 e. The first-order valence-corrected chi connectivity index (χ1v) is 9.62. The summed E-state index contributed by atoms with van der Waals surface area (Å²) in [5.41, 5.74) is 0.492. The van der Waals surface area contributed by atoms with Crippen LogP contribution in [0.4, 0.5) is 5.88 Å². The predicted molar refractivity (Wildman–Crippen MR) is 111 cm³/mol. The lowest BCUT2D eigenvalue weighted by atomic mass is 10.2. The molecule has 1 aromatic carbocycles. The zero-order chi connectivity index (χ0) is 20.6. The highest BCUT2D eigenvalue weighted by Gasteiger charge is 2.18. The van der Waals surface area contributed by atoms with Crippen LogP contribution >= 0.6 is 34.8 Å². The monoisotopic (exact) mass is 452 g/mol. The Balaban J connectivity index is 1.51. The number of halogens is 3. The molecule has 0 atom stereocenters. The molecule has 0 unspecified atom stereocenters. The Morgan fingerprint density at radius 3 is 2.66 bits per heavy atom. The molecule has 3 rings (SSSR count). The van der Waals surface area contributed by atoms with Gasteiger partial charge in [-0.05, 0) is 24.3 Å². The van der Waals surface area contributed by atoms with Crippen molar-refractivity contribution in [2.24, 2.45) is 0 Å². The quantitative estimate of drug-likeness (QED) is 0.357. The minimum atomic E-state index is 0.0909. The van der Waals surface area contributed by atoms with Gasteiger partial charge in [-0.25, -0.2) is 0 Å². The van der Waals surface area contributed by atoms with E-state index in [2.05, 4.69) is 15.3 Å². The summed E-state index contributed by atoms with van der Waals surface area (Å²) in [4.78, 5) is 8.06.